The van der Waals surface area contributed by atoms with Crippen LogP contribution in [0.2, 0.25) is 0 Å². The number of nitro groups is 1. The molecule has 1 atom stereocenters. The minimum atomic E-state index is -0.515. The van der Waals surface area contributed by atoms with Gasteiger partial charge in [-0.2, -0.15) is 0 Å². The Kier molecular flexibility index (Phi) is 6.08. The molecule has 33 heavy (non-hydrogen) atoms. The molecule has 3 aromatic carbocycles. The molecule has 8 heteroatoms. The van der Waals surface area contributed by atoms with E-state index < -0.39 is 10.8 Å². The number of aryl methyl sites for hydroxylation is 2. The Labute approximate surface area is 190 Å². The predicted octanol–water partition coefficient (Wildman–Crippen LogP) is 5.00. The third-order valence-electron chi connectivity index (χ3n) is 5.70. The number of hydrogen-bond donors (Lipinski definition) is 1. The standard InChI is InChI=1S/C25H23N3O5/c1-16-3-10-23(13-17(16)2)33-22-11-4-19(5-12-22)26-25(30)18-14-24(29)27(15-18)20-6-8-21(9-7-20)28(31)32/h3-13,18H,14-15H2,1-2H3,(H,26,30)/t18-/m1/s1. The molecule has 0 aromatic heterocycles. The van der Waals surface area contributed by atoms with Gasteiger partial charge in [0.25, 0.3) is 5.69 Å². The van der Waals surface area contributed by atoms with Crippen LogP contribution < -0.4 is 15.0 Å². The third kappa shape index (κ3) is 5.01. The molecule has 0 radical (unpaired) electrons. The lowest BCUT2D eigenvalue weighted by molar-refractivity contribution is -0.384. The lowest BCUT2D eigenvalue weighted by atomic mass is 10.1. The number of nitrogens with zero attached hydrogens (tertiary/aromatic N) is 2. The van der Waals surface area contributed by atoms with E-state index in [1.165, 1.54) is 34.7 Å². The van der Waals surface area contributed by atoms with Crippen LogP contribution in [-0.2, 0) is 9.59 Å². The lowest BCUT2D eigenvalue weighted by Gasteiger charge is -2.16. The maximum Gasteiger partial charge on any atom is 0.269 e. The van der Waals surface area contributed by atoms with Crippen molar-refractivity contribution in [2.24, 2.45) is 5.92 Å². The molecule has 2 amide bonds. The highest BCUT2D eigenvalue weighted by molar-refractivity contribution is 6.03. The van der Waals surface area contributed by atoms with Crippen molar-refractivity contribution in [3.8, 4) is 11.5 Å². The van der Waals surface area contributed by atoms with Crippen LogP contribution in [0.25, 0.3) is 0 Å². The minimum absolute atomic E-state index is 0.0513. The molecule has 0 saturated carbocycles. The number of ether oxygens (including phenoxy) is 1. The molecule has 0 unspecified atom stereocenters. The number of carbonyl (C=O) groups excluding carboxylic acids is 2. The summed E-state index contributed by atoms with van der Waals surface area (Å²) in [6, 6.07) is 18.6. The summed E-state index contributed by atoms with van der Waals surface area (Å²) in [6.45, 7) is 4.29. The summed E-state index contributed by atoms with van der Waals surface area (Å²) in [5.41, 5.74) is 3.43. The molecule has 0 aliphatic carbocycles. The first-order valence-electron chi connectivity index (χ1n) is 10.5. The van der Waals surface area contributed by atoms with E-state index in [9.17, 15) is 19.7 Å². The quantitative estimate of drug-likeness (QED) is 0.425. The van der Waals surface area contributed by atoms with Gasteiger partial charge in [0, 0.05) is 36.5 Å². The van der Waals surface area contributed by atoms with Crippen molar-refractivity contribution in [3.63, 3.8) is 0 Å². The Morgan fingerprint density at radius 1 is 1.00 bits per heavy atom. The number of benzene rings is 3. The van der Waals surface area contributed by atoms with E-state index >= 15 is 0 Å². The molecule has 3 aromatic rings. The summed E-state index contributed by atoms with van der Waals surface area (Å²) in [4.78, 5) is 36.9. The molecular weight excluding hydrogens is 422 g/mol. The first-order valence-corrected chi connectivity index (χ1v) is 10.5. The predicted molar refractivity (Wildman–Crippen MR) is 125 cm³/mol. The summed E-state index contributed by atoms with van der Waals surface area (Å²) in [5.74, 6) is 0.429. The van der Waals surface area contributed by atoms with Gasteiger partial charge < -0.3 is 15.0 Å². The minimum Gasteiger partial charge on any atom is -0.457 e. The van der Waals surface area contributed by atoms with Gasteiger partial charge in [0.15, 0.2) is 0 Å². The molecule has 1 heterocycles. The second kappa shape index (κ2) is 9.12. The molecule has 0 spiro atoms. The van der Waals surface area contributed by atoms with Gasteiger partial charge in [-0.3, -0.25) is 19.7 Å². The molecule has 1 fully saturated rings. The zero-order valence-corrected chi connectivity index (χ0v) is 18.3. The normalized spacial score (nSPS) is 15.4. The zero-order chi connectivity index (χ0) is 23.5. The molecule has 1 N–H and O–H groups in total. The average molecular weight is 445 g/mol. The van der Waals surface area contributed by atoms with E-state index in [4.69, 9.17) is 4.74 Å². The maximum atomic E-state index is 12.7. The van der Waals surface area contributed by atoms with Crippen molar-refractivity contribution in [2.45, 2.75) is 20.3 Å². The van der Waals surface area contributed by atoms with Gasteiger partial charge in [0.05, 0.1) is 10.8 Å². The van der Waals surface area contributed by atoms with Gasteiger partial charge in [-0.1, -0.05) is 6.07 Å². The van der Waals surface area contributed by atoms with Crippen LogP contribution in [0.5, 0.6) is 11.5 Å². The van der Waals surface area contributed by atoms with Crippen LogP contribution in [0.4, 0.5) is 17.1 Å². The molecule has 1 aliphatic rings. The number of anilines is 2. The third-order valence-corrected chi connectivity index (χ3v) is 5.70. The Morgan fingerprint density at radius 3 is 2.30 bits per heavy atom. The molecule has 8 nitrogen and oxygen atoms in total. The van der Waals surface area contributed by atoms with Crippen LogP contribution >= 0.6 is 0 Å². The summed E-state index contributed by atoms with van der Waals surface area (Å²) in [6.07, 6.45) is 0.0801. The zero-order valence-electron chi connectivity index (χ0n) is 18.3. The number of hydrogen-bond acceptors (Lipinski definition) is 5. The van der Waals surface area contributed by atoms with Crippen molar-refractivity contribution in [1.29, 1.82) is 0 Å². The fourth-order valence-corrected chi connectivity index (χ4v) is 3.65. The fraction of sp³-hybridized carbons (Fsp3) is 0.200. The Morgan fingerprint density at radius 2 is 1.67 bits per heavy atom. The monoisotopic (exact) mass is 445 g/mol. The van der Waals surface area contributed by atoms with Gasteiger partial charge in [0.1, 0.15) is 11.5 Å². The number of carbonyl (C=O) groups is 2. The van der Waals surface area contributed by atoms with Crippen LogP contribution in [0, 0.1) is 29.9 Å². The summed E-state index contributed by atoms with van der Waals surface area (Å²) in [7, 11) is 0. The summed E-state index contributed by atoms with van der Waals surface area (Å²) >= 11 is 0. The average Bonchev–Trinajstić information content (AvgIpc) is 3.19. The number of non-ortho nitro benzene ring substituents is 1. The highest BCUT2D eigenvalue weighted by Crippen LogP contribution is 2.29. The van der Waals surface area contributed by atoms with Gasteiger partial charge in [-0.25, -0.2) is 0 Å². The highest BCUT2D eigenvalue weighted by atomic mass is 16.6. The van der Waals surface area contributed by atoms with E-state index in [-0.39, 0.29) is 30.5 Å². The molecule has 0 bridgehead atoms. The van der Waals surface area contributed by atoms with Gasteiger partial charge >= 0.3 is 0 Å². The lowest BCUT2D eigenvalue weighted by Crippen LogP contribution is -2.28. The van der Waals surface area contributed by atoms with E-state index in [1.807, 2.05) is 32.0 Å². The van der Waals surface area contributed by atoms with E-state index in [0.29, 0.717) is 17.1 Å². The molecule has 4 rings (SSSR count). The van der Waals surface area contributed by atoms with Gasteiger partial charge in [-0.15, -0.1) is 0 Å². The first kappa shape index (κ1) is 22.0. The highest BCUT2D eigenvalue weighted by Gasteiger charge is 2.35. The van der Waals surface area contributed by atoms with E-state index in [0.717, 1.165) is 11.3 Å². The maximum absolute atomic E-state index is 12.7. The number of nitrogens with one attached hydrogen (secondary N) is 1. The van der Waals surface area contributed by atoms with Gasteiger partial charge in [0.2, 0.25) is 11.8 Å². The second-order valence-corrected chi connectivity index (χ2v) is 8.04. The van der Waals surface area contributed by atoms with Crippen LogP contribution in [-0.4, -0.2) is 23.3 Å². The topological polar surface area (TPSA) is 102 Å². The number of nitro benzene ring substituents is 1. The smallest absolute Gasteiger partial charge is 0.269 e. The van der Waals surface area contributed by atoms with Crippen molar-refractivity contribution in [1.82, 2.24) is 0 Å². The summed E-state index contributed by atoms with van der Waals surface area (Å²) < 4.78 is 5.87. The SMILES string of the molecule is Cc1ccc(Oc2ccc(NC(=O)[C@@H]3CC(=O)N(c4ccc([N+](=O)[O-])cc4)C3)cc2)cc1C. The van der Waals surface area contributed by atoms with E-state index in [1.54, 1.807) is 24.3 Å². The van der Waals surface area contributed by atoms with Crippen LogP contribution in [0.15, 0.2) is 66.7 Å². The Bertz CT molecular complexity index is 1210. The van der Waals surface area contributed by atoms with E-state index in [2.05, 4.69) is 5.32 Å². The number of rotatable bonds is 6. The molecule has 1 aliphatic heterocycles. The second-order valence-electron chi connectivity index (χ2n) is 8.04. The van der Waals surface area contributed by atoms with Crippen molar-refractivity contribution in [2.75, 3.05) is 16.8 Å². The molecule has 1 saturated heterocycles. The van der Waals surface area contributed by atoms with Crippen molar-refractivity contribution in [3.05, 3.63) is 88.0 Å². The fourth-order valence-electron chi connectivity index (χ4n) is 3.65. The Balaban J connectivity index is 1.36. The summed E-state index contributed by atoms with van der Waals surface area (Å²) in [5, 5.41) is 13.7. The van der Waals surface area contributed by atoms with Crippen molar-refractivity contribution >= 4 is 28.9 Å². The number of amides is 2. The van der Waals surface area contributed by atoms with Crippen molar-refractivity contribution < 1.29 is 19.2 Å². The molecule has 168 valence electrons. The Hall–Kier alpha value is -4.20. The van der Waals surface area contributed by atoms with Gasteiger partial charge in [-0.05, 0) is 73.5 Å². The molecular formula is C25H23N3O5. The van der Waals surface area contributed by atoms with Crippen LogP contribution in [0.3, 0.4) is 0 Å². The first-order chi connectivity index (χ1) is 15.8. The van der Waals surface area contributed by atoms with Crippen LogP contribution in [0.1, 0.15) is 17.5 Å². The largest absolute Gasteiger partial charge is 0.457 e.